The third-order valence-corrected chi connectivity index (χ3v) is 3.47. The summed E-state index contributed by atoms with van der Waals surface area (Å²) in [6.07, 6.45) is 0.884. The van der Waals surface area contributed by atoms with Gasteiger partial charge in [-0.15, -0.1) is 0 Å². The largest absolute Gasteiger partial charge is 0.389 e. The predicted molar refractivity (Wildman–Crippen MR) is 78.3 cm³/mol. The highest BCUT2D eigenvalue weighted by atomic mass is 32.1. The van der Waals surface area contributed by atoms with E-state index in [1.54, 1.807) is 16.8 Å². The van der Waals surface area contributed by atoms with Crippen LogP contribution >= 0.6 is 12.2 Å². The van der Waals surface area contributed by atoms with Crippen LogP contribution in [0.15, 0.2) is 18.2 Å². The molecule has 2 rings (SSSR count). The van der Waals surface area contributed by atoms with Crippen LogP contribution in [0.3, 0.4) is 0 Å². The van der Waals surface area contributed by atoms with Crippen molar-refractivity contribution in [3.05, 3.63) is 46.5 Å². The van der Waals surface area contributed by atoms with Crippen LogP contribution in [0.1, 0.15) is 29.4 Å². The number of hydrogen-bond acceptors (Lipinski definition) is 2. The van der Waals surface area contributed by atoms with Crippen molar-refractivity contribution in [3.63, 3.8) is 0 Å². The Bertz CT molecular complexity index is 646. The molecule has 1 aromatic carbocycles. The quantitative estimate of drug-likeness (QED) is 0.877. The fourth-order valence-electron chi connectivity index (χ4n) is 2.35. The van der Waals surface area contributed by atoms with E-state index in [0.717, 1.165) is 23.4 Å². The Kier molecular flexibility index (Phi) is 3.66. The lowest BCUT2D eigenvalue weighted by atomic mass is 10.1. The lowest BCUT2D eigenvalue weighted by Crippen LogP contribution is -2.16. The number of benzene rings is 1. The Balaban J connectivity index is 2.73. The normalized spacial score (nSPS) is 10.7. The Morgan fingerprint density at radius 3 is 2.63 bits per heavy atom. The summed E-state index contributed by atoms with van der Waals surface area (Å²) in [5, 5.41) is 4.47. The number of halogens is 1. The maximum absolute atomic E-state index is 13.9. The monoisotopic (exact) mass is 277 g/mol. The van der Waals surface area contributed by atoms with Gasteiger partial charge in [0.1, 0.15) is 10.8 Å². The van der Waals surface area contributed by atoms with E-state index in [0.29, 0.717) is 5.69 Å². The van der Waals surface area contributed by atoms with Crippen LogP contribution < -0.4 is 5.73 Å². The van der Waals surface area contributed by atoms with Crippen molar-refractivity contribution in [3.8, 4) is 5.69 Å². The lowest BCUT2D eigenvalue weighted by molar-refractivity contribution is 0.622. The summed E-state index contributed by atoms with van der Waals surface area (Å²) >= 11 is 4.95. The average molecular weight is 277 g/mol. The summed E-state index contributed by atoms with van der Waals surface area (Å²) in [6.45, 7) is 5.98. The third kappa shape index (κ3) is 2.26. The molecule has 1 heterocycles. The van der Waals surface area contributed by atoms with E-state index in [9.17, 15) is 4.39 Å². The number of aromatic nitrogens is 2. The van der Waals surface area contributed by atoms with Gasteiger partial charge in [0.05, 0.1) is 16.9 Å². The summed E-state index contributed by atoms with van der Waals surface area (Å²) in [5.74, 6) is -0.421. The SMILES string of the molecule is CCc1c(C)nn(-c2cccc(F)c2C(N)=S)c1C. The molecule has 1 aromatic heterocycles. The first kappa shape index (κ1) is 13.7. The Hall–Kier alpha value is -1.75. The van der Waals surface area contributed by atoms with Crippen LogP contribution in [-0.4, -0.2) is 14.8 Å². The molecular formula is C14H16FN3S. The zero-order valence-corrected chi connectivity index (χ0v) is 12.0. The third-order valence-electron chi connectivity index (χ3n) is 3.26. The standard InChI is InChI=1S/C14H16FN3S/c1-4-10-8(2)17-18(9(10)3)12-7-5-6-11(15)13(12)14(16)19/h5-7H,4H2,1-3H3,(H2,16,19). The smallest absolute Gasteiger partial charge is 0.135 e. The highest BCUT2D eigenvalue weighted by Crippen LogP contribution is 2.22. The van der Waals surface area contributed by atoms with E-state index in [1.807, 2.05) is 13.8 Å². The molecule has 100 valence electrons. The molecule has 19 heavy (non-hydrogen) atoms. The summed E-state index contributed by atoms with van der Waals surface area (Å²) in [4.78, 5) is 0.0405. The molecule has 0 atom stereocenters. The minimum Gasteiger partial charge on any atom is -0.389 e. The minimum absolute atomic E-state index is 0.0405. The zero-order valence-electron chi connectivity index (χ0n) is 11.2. The van der Waals surface area contributed by atoms with E-state index in [1.165, 1.54) is 6.07 Å². The molecule has 0 aliphatic heterocycles. The first-order chi connectivity index (χ1) is 8.97. The van der Waals surface area contributed by atoms with Gasteiger partial charge in [-0.2, -0.15) is 5.10 Å². The lowest BCUT2D eigenvalue weighted by Gasteiger charge is -2.11. The molecule has 2 aromatic rings. The summed E-state index contributed by atoms with van der Waals surface area (Å²) in [7, 11) is 0. The van der Waals surface area contributed by atoms with Crippen molar-refractivity contribution >= 4 is 17.2 Å². The molecule has 0 amide bonds. The first-order valence-electron chi connectivity index (χ1n) is 6.11. The maximum Gasteiger partial charge on any atom is 0.135 e. The molecule has 0 bridgehead atoms. The number of rotatable bonds is 3. The van der Waals surface area contributed by atoms with Gasteiger partial charge in [0.15, 0.2) is 0 Å². The van der Waals surface area contributed by atoms with Crippen molar-refractivity contribution in [2.75, 3.05) is 0 Å². The average Bonchev–Trinajstić information content (AvgIpc) is 2.63. The van der Waals surface area contributed by atoms with Gasteiger partial charge in [-0.3, -0.25) is 0 Å². The number of aryl methyl sites for hydroxylation is 1. The Morgan fingerprint density at radius 2 is 2.11 bits per heavy atom. The second kappa shape index (κ2) is 5.09. The fraction of sp³-hybridized carbons (Fsp3) is 0.286. The first-order valence-corrected chi connectivity index (χ1v) is 6.52. The van der Waals surface area contributed by atoms with Crippen LogP contribution in [0, 0.1) is 19.7 Å². The molecule has 0 spiro atoms. The molecule has 3 nitrogen and oxygen atoms in total. The Labute approximate surface area is 117 Å². The summed E-state index contributed by atoms with van der Waals surface area (Å²) in [6, 6.07) is 4.76. The highest BCUT2D eigenvalue weighted by Gasteiger charge is 2.17. The van der Waals surface area contributed by atoms with E-state index in [-0.39, 0.29) is 10.6 Å². The molecule has 0 radical (unpaired) electrons. The summed E-state index contributed by atoms with van der Waals surface area (Å²) < 4.78 is 15.6. The van der Waals surface area contributed by atoms with Gasteiger partial charge in [0.25, 0.3) is 0 Å². The van der Waals surface area contributed by atoms with Gasteiger partial charge in [-0.25, -0.2) is 9.07 Å². The van der Waals surface area contributed by atoms with Crippen molar-refractivity contribution in [1.29, 1.82) is 0 Å². The molecule has 5 heteroatoms. The molecular weight excluding hydrogens is 261 g/mol. The molecule has 0 fully saturated rings. The number of hydrogen-bond donors (Lipinski definition) is 1. The van der Waals surface area contributed by atoms with Gasteiger partial charge in [-0.05, 0) is 38.0 Å². The van der Waals surface area contributed by atoms with Gasteiger partial charge in [-0.1, -0.05) is 25.2 Å². The van der Waals surface area contributed by atoms with E-state index in [2.05, 4.69) is 12.0 Å². The van der Waals surface area contributed by atoms with E-state index < -0.39 is 5.82 Å². The molecule has 0 aliphatic rings. The van der Waals surface area contributed by atoms with Gasteiger partial charge in [0, 0.05) is 5.69 Å². The zero-order chi connectivity index (χ0) is 14.2. The molecule has 2 N–H and O–H groups in total. The highest BCUT2D eigenvalue weighted by molar-refractivity contribution is 7.80. The second-order valence-corrected chi connectivity index (χ2v) is 4.85. The Morgan fingerprint density at radius 1 is 1.42 bits per heavy atom. The van der Waals surface area contributed by atoms with Crippen LogP contribution in [0.2, 0.25) is 0 Å². The van der Waals surface area contributed by atoms with Crippen LogP contribution in [-0.2, 0) is 6.42 Å². The molecule has 0 unspecified atom stereocenters. The van der Waals surface area contributed by atoms with Crippen LogP contribution in [0.4, 0.5) is 4.39 Å². The predicted octanol–water partition coefficient (Wildman–Crippen LogP) is 2.82. The van der Waals surface area contributed by atoms with Crippen molar-refractivity contribution < 1.29 is 4.39 Å². The van der Waals surface area contributed by atoms with E-state index >= 15 is 0 Å². The molecule has 0 aliphatic carbocycles. The number of nitrogens with two attached hydrogens (primary N) is 1. The van der Waals surface area contributed by atoms with Gasteiger partial charge >= 0.3 is 0 Å². The van der Waals surface area contributed by atoms with Gasteiger partial charge < -0.3 is 5.73 Å². The van der Waals surface area contributed by atoms with E-state index in [4.69, 9.17) is 18.0 Å². The molecule has 0 saturated heterocycles. The summed E-state index contributed by atoms with van der Waals surface area (Å²) in [5.41, 5.74) is 9.56. The van der Waals surface area contributed by atoms with Crippen molar-refractivity contribution in [2.45, 2.75) is 27.2 Å². The van der Waals surface area contributed by atoms with Gasteiger partial charge in [0.2, 0.25) is 0 Å². The fourth-order valence-corrected chi connectivity index (χ4v) is 2.56. The maximum atomic E-state index is 13.9. The number of nitrogens with zero attached hydrogens (tertiary/aromatic N) is 2. The minimum atomic E-state index is -0.421. The second-order valence-electron chi connectivity index (χ2n) is 4.41. The number of thiocarbonyl (C=S) groups is 1. The van der Waals surface area contributed by atoms with Crippen molar-refractivity contribution in [1.82, 2.24) is 9.78 Å². The van der Waals surface area contributed by atoms with Crippen LogP contribution in [0.5, 0.6) is 0 Å². The van der Waals surface area contributed by atoms with Crippen molar-refractivity contribution in [2.24, 2.45) is 5.73 Å². The topological polar surface area (TPSA) is 43.8 Å². The molecule has 0 saturated carbocycles. The van der Waals surface area contributed by atoms with Crippen LogP contribution in [0.25, 0.3) is 5.69 Å².